The monoisotopic (exact) mass is 595 g/mol. The number of amidine groups is 1. The maximum atomic E-state index is 13.6. The SMILES string of the molecule is COc1cc(C)c(-c2cccc(S(=O)(=O)c3cc(C(=N)N)sc3SC)c2)c(NC(=O)CCCS(C)(=O)=O)c1. The van der Waals surface area contributed by atoms with Gasteiger partial charge < -0.3 is 15.8 Å². The van der Waals surface area contributed by atoms with Crippen molar-refractivity contribution in [2.75, 3.05) is 30.7 Å². The zero-order valence-electron chi connectivity index (χ0n) is 21.3. The van der Waals surface area contributed by atoms with Gasteiger partial charge in [-0.2, -0.15) is 0 Å². The van der Waals surface area contributed by atoms with Crippen molar-refractivity contribution in [3.8, 4) is 16.9 Å². The van der Waals surface area contributed by atoms with Crippen molar-refractivity contribution in [3.05, 3.63) is 52.9 Å². The summed E-state index contributed by atoms with van der Waals surface area (Å²) in [4.78, 5) is 13.2. The lowest BCUT2D eigenvalue weighted by molar-refractivity contribution is -0.116. The van der Waals surface area contributed by atoms with Crippen LogP contribution >= 0.6 is 23.1 Å². The molecule has 0 aliphatic heterocycles. The van der Waals surface area contributed by atoms with Gasteiger partial charge in [0.25, 0.3) is 0 Å². The van der Waals surface area contributed by atoms with Crippen molar-refractivity contribution >= 4 is 60.2 Å². The van der Waals surface area contributed by atoms with Gasteiger partial charge in [0.15, 0.2) is 0 Å². The van der Waals surface area contributed by atoms with Crippen LogP contribution in [-0.2, 0) is 24.5 Å². The maximum absolute atomic E-state index is 13.6. The first-order valence-corrected chi connectivity index (χ1v) is 16.9. The Morgan fingerprint density at radius 3 is 2.47 bits per heavy atom. The average Bonchev–Trinajstić information content (AvgIpc) is 3.29. The normalized spacial score (nSPS) is 11.8. The number of amides is 1. The molecule has 1 aromatic heterocycles. The third kappa shape index (κ3) is 6.95. The van der Waals surface area contributed by atoms with Crippen LogP contribution < -0.4 is 15.8 Å². The number of sulfone groups is 2. The van der Waals surface area contributed by atoms with E-state index in [1.165, 1.54) is 31.0 Å². The van der Waals surface area contributed by atoms with Gasteiger partial charge >= 0.3 is 0 Å². The highest BCUT2D eigenvalue weighted by molar-refractivity contribution is 8.01. The van der Waals surface area contributed by atoms with Crippen LogP contribution in [0.25, 0.3) is 11.1 Å². The van der Waals surface area contributed by atoms with Gasteiger partial charge in [0.05, 0.1) is 37.4 Å². The van der Waals surface area contributed by atoms with E-state index in [4.69, 9.17) is 15.9 Å². The fourth-order valence-corrected chi connectivity index (χ4v) is 8.40. The van der Waals surface area contributed by atoms with Crippen molar-refractivity contribution < 1.29 is 26.4 Å². The molecule has 0 aliphatic rings. The molecule has 4 N–H and O–H groups in total. The molecule has 3 aromatic rings. The third-order valence-corrected chi connectivity index (χ3v) is 10.9. The summed E-state index contributed by atoms with van der Waals surface area (Å²) in [6.07, 6.45) is 3.06. The first-order chi connectivity index (χ1) is 17.8. The summed E-state index contributed by atoms with van der Waals surface area (Å²) in [7, 11) is -5.63. The standard InChI is InChI=1S/C25H29N3O6S4/c1-15-11-17(34-2)13-19(28-22(29)9-6-10-37(4,30)31)23(15)16-7-5-8-18(12-16)38(32,33)21-14-20(24(26)27)36-25(21)35-3/h5,7-8,11-14H,6,9-10H2,1-4H3,(H3,26,27)(H,28,29). The van der Waals surface area contributed by atoms with Crippen molar-refractivity contribution in [1.29, 1.82) is 5.41 Å². The quantitative estimate of drug-likeness (QED) is 0.168. The Bertz CT molecular complexity index is 1590. The second-order valence-corrected chi connectivity index (χ2v) is 14.9. The number of rotatable bonds is 11. The molecular weight excluding hydrogens is 567 g/mol. The Morgan fingerprint density at radius 2 is 1.87 bits per heavy atom. The number of hydrogen-bond donors (Lipinski definition) is 3. The van der Waals surface area contributed by atoms with Crippen LogP contribution in [0, 0.1) is 12.3 Å². The van der Waals surface area contributed by atoms with Gasteiger partial charge in [0.2, 0.25) is 15.7 Å². The van der Waals surface area contributed by atoms with Crippen LogP contribution in [0.15, 0.2) is 56.5 Å². The number of thiophene rings is 1. The van der Waals surface area contributed by atoms with E-state index in [-0.39, 0.29) is 40.1 Å². The van der Waals surface area contributed by atoms with E-state index in [1.807, 2.05) is 6.92 Å². The fourth-order valence-electron chi connectivity index (χ4n) is 3.83. The van der Waals surface area contributed by atoms with E-state index in [2.05, 4.69) is 5.32 Å². The Morgan fingerprint density at radius 1 is 1.16 bits per heavy atom. The summed E-state index contributed by atoms with van der Waals surface area (Å²) in [5, 5.41) is 10.5. The number of nitrogens with one attached hydrogen (secondary N) is 2. The van der Waals surface area contributed by atoms with Crippen LogP contribution in [-0.4, -0.2) is 54.0 Å². The molecule has 13 heteroatoms. The van der Waals surface area contributed by atoms with E-state index in [0.717, 1.165) is 23.2 Å². The minimum absolute atomic E-state index is 0.00524. The highest BCUT2D eigenvalue weighted by Crippen LogP contribution is 2.40. The van der Waals surface area contributed by atoms with Gasteiger partial charge in [-0.1, -0.05) is 12.1 Å². The molecule has 204 valence electrons. The zero-order chi connectivity index (χ0) is 28.3. The lowest BCUT2D eigenvalue weighted by Crippen LogP contribution is -2.14. The molecule has 9 nitrogen and oxygen atoms in total. The van der Waals surface area contributed by atoms with Gasteiger partial charge in [-0.3, -0.25) is 10.2 Å². The maximum Gasteiger partial charge on any atom is 0.224 e. The number of carbonyl (C=O) groups is 1. The highest BCUT2D eigenvalue weighted by Gasteiger charge is 2.26. The number of nitrogens with two attached hydrogens (primary N) is 1. The molecule has 0 spiro atoms. The molecular formula is C25H29N3O6S4. The molecule has 3 rings (SSSR count). The molecule has 0 fully saturated rings. The number of anilines is 1. The van der Waals surface area contributed by atoms with Crippen molar-refractivity contribution in [1.82, 2.24) is 0 Å². The summed E-state index contributed by atoms with van der Waals surface area (Å²) >= 11 is 2.42. The lowest BCUT2D eigenvalue weighted by atomic mass is 9.98. The van der Waals surface area contributed by atoms with Crippen LogP contribution in [0.1, 0.15) is 23.3 Å². The smallest absolute Gasteiger partial charge is 0.224 e. The lowest BCUT2D eigenvalue weighted by Gasteiger charge is -2.17. The fraction of sp³-hybridized carbons (Fsp3) is 0.280. The molecule has 0 bridgehead atoms. The van der Waals surface area contributed by atoms with Crippen LogP contribution in [0.2, 0.25) is 0 Å². The summed E-state index contributed by atoms with van der Waals surface area (Å²) in [6.45, 7) is 1.82. The Hall–Kier alpha value is -2.87. The van der Waals surface area contributed by atoms with E-state index in [9.17, 15) is 21.6 Å². The topological polar surface area (TPSA) is 156 Å². The van der Waals surface area contributed by atoms with E-state index in [0.29, 0.717) is 31.7 Å². The predicted octanol–water partition coefficient (Wildman–Crippen LogP) is 4.33. The molecule has 2 aromatic carbocycles. The summed E-state index contributed by atoms with van der Waals surface area (Å²) in [5.41, 5.74) is 7.92. The van der Waals surface area contributed by atoms with Gasteiger partial charge in [-0.15, -0.1) is 23.1 Å². The summed E-state index contributed by atoms with van der Waals surface area (Å²) in [6, 6.07) is 11.2. The average molecular weight is 596 g/mol. The second-order valence-electron chi connectivity index (χ2n) is 8.56. The number of ether oxygens (including phenoxy) is 1. The first kappa shape index (κ1) is 29.7. The number of thioether (sulfide) groups is 1. The molecule has 1 heterocycles. The molecule has 0 saturated carbocycles. The predicted molar refractivity (Wildman–Crippen MR) is 153 cm³/mol. The molecule has 0 atom stereocenters. The number of methoxy groups -OCH3 is 1. The van der Waals surface area contributed by atoms with Crippen molar-refractivity contribution in [2.45, 2.75) is 33.8 Å². The minimum Gasteiger partial charge on any atom is -0.497 e. The highest BCUT2D eigenvalue weighted by atomic mass is 32.2. The largest absolute Gasteiger partial charge is 0.497 e. The molecule has 1 amide bonds. The Balaban J connectivity index is 2.05. The minimum atomic E-state index is -3.94. The van der Waals surface area contributed by atoms with Crippen molar-refractivity contribution in [3.63, 3.8) is 0 Å². The third-order valence-electron chi connectivity index (χ3n) is 5.58. The van der Waals surface area contributed by atoms with Gasteiger partial charge in [0, 0.05) is 24.3 Å². The second kappa shape index (κ2) is 11.9. The Labute approximate surface area is 231 Å². The number of hydrogen-bond acceptors (Lipinski definition) is 9. The molecule has 38 heavy (non-hydrogen) atoms. The van der Waals surface area contributed by atoms with Crippen LogP contribution in [0.4, 0.5) is 5.69 Å². The van der Waals surface area contributed by atoms with Gasteiger partial charge in [-0.25, -0.2) is 16.8 Å². The first-order valence-electron chi connectivity index (χ1n) is 11.3. The number of benzene rings is 2. The number of aryl methyl sites for hydroxylation is 1. The van der Waals surface area contributed by atoms with E-state index in [1.54, 1.807) is 36.6 Å². The van der Waals surface area contributed by atoms with Crippen molar-refractivity contribution in [2.24, 2.45) is 5.73 Å². The number of carbonyl (C=O) groups excluding carboxylic acids is 1. The molecule has 0 radical (unpaired) electrons. The number of nitrogen functional groups attached to an aromatic ring is 1. The zero-order valence-corrected chi connectivity index (χ0v) is 24.6. The van der Waals surface area contributed by atoms with E-state index >= 15 is 0 Å². The van der Waals surface area contributed by atoms with Crippen LogP contribution in [0.5, 0.6) is 5.75 Å². The summed E-state index contributed by atoms with van der Waals surface area (Å²) in [5.74, 6) is -0.172. The van der Waals surface area contributed by atoms with Crippen LogP contribution in [0.3, 0.4) is 0 Å². The summed E-state index contributed by atoms with van der Waals surface area (Å²) < 4.78 is 56.0. The van der Waals surface area contributed by atoms with Gasteiger partial charge in [0.1, 0.15) is 21.4 Å². The van der Waals surface area contributed by atoms with Gasteiger partial charge in [-0.05, 0) is 55.0 Å². The Kier molecular flexibility index (Phi) is 9.29. The molecule has 0 aliphatic carbocycles. The van der Waals surface area contributed by atoms with E-state index < -0.39 is 19.7 Å². The molecule has 0 unspecified atom stereocenters. The molecule has 0 saturated heterocycles.